The van der Waals surface area contributed by atoms with Crippen molar-refractivity contribution in [3.8, 4) is 0 Å². The van der Waals surface area contributed by atoms with Crippen LogP contribution in [0.3, 0.4) is 0 Å². The maximum absolute atomic E-state index is 11.7. The van der Waals surface area contributed by atoms with Gasteiger partial charge in [0.15, 0.2) is 0 Å². The van der Waals surface area contributed by atoms with Gasteiger partial charge in [0.25, 0.3) is 0 Å². The second-order valence-electron chi connectivity index (χ2n) is 7.08. The SMILES string of the molecule is CCCCC1C(C)CC(C(=O)O)C2CCCC(C(=O)O)C12. The van der Waals surface area contributed by atoms with Crippen LogP contribution in [0.1, 0.15) is 58.8 Å². The van der Waals surface area contributed by atoms with E-state index in [4.69, 9.17) is 0 Å². The van der Waals surface area contributed by atoms with E-state index in [9.17, 15) is 19.8 Å². The fourth-order valence-corrected chi connectivity index (χ4v) is 4.96. The van der Waals surface area contributed by atoms with Gasteiger partial charge in [0.1, 0.15) is 0 Å². The van der Waals surface area contributed by atoms with Crippen molar-refractivity contribution in [1.82, 2.24) is 0 Å². The van der Waals surface area contributed by atoms with Gasteiger partial charge in [-0.25, -0.2) is 0 Å². The van der Waals surface area contributed by atoms with Crippen LogP contribution in [0.5, 0.6) is 0 Å². The Labute approximate surface area is 126 Å². The molecule has 2 saturated carbocycles. The molecule has 0 aromatic rings. The number of rotatable bonds is 5. The smallest absolute Gasteiger partial charge is 0.306 e. The highest BCUT2D eigenvalue weighted by molar-refractivity contribution is 5.73. The van der Waals surface area contributed by atoms with E-state index >= 15 is 0 Å². The summed E-state index contributed by atoms with van der Waals surface area (Å²) in [5.41, 5.74) is 0. The number of carboxylic acids is 2. The Kier molecular flexibility index (Phi) is 5.28. The first kappa shape index (κ1) is 16.3. The molecular formula is C17H28O4. The first-order valence-electron chi connectivity index (χ1n) is 8.43. The number of aliphatic carboxylic acids is 2. The molecule has 0 spiro atoms. The Morgan fingerprint density at radius 3 is 2.33 bits per heavy atom. The van der Waals surface area contributed by atoms with Crippen LogP contribution in [-0.4, -0.2) is 22.2 Å². The van der Waals surface area contributed by atoms with Crippen molar-refractivity contribution < 1.29 is 19.8 Å². The highest BCUT2D eigenvalue weighted by Crippen LogP contribution is 2.53. The minimum atomic E-state index is -0.725. The van der Waals surface area contributed by atoms with Crippen molar-refractivity contribution in [2.75, 3.05) is 0 Å². The molecule has 2 aliphatic carbocycles. The number of carboxylic acid groups (broad SMARTS) is 2. The Balaban J connectivity index is 2.29. The van der Waals surface area contributed by atoms with Gasteiger partial charge in [0.05, 0.1) is 11.8 Å². The van der Waals surface area contributed by atoms with Crippen LogP contribution in [0.25, 0.3) is 0 Å². The summed E-state index contributed by atoms with van der Waals surface area (Å²) in [6, 6.07) is 0. The molecule has 2 aliphatic rings. The summed E-state index contributed by atoms with van der Waals surface area (Å²) < 4.78 is 0. The van der Waals surface area contributed by atoms with E-state index in [1.165, 1.54) is 0 Å². The van der Waals surface area contributed by atoms with Gasteiger partial charge in [-0.1, -0.05) is 33.1 Å². The minimum Gasteiger partial charge on any atom is -0.481 e. The lowest BCUT2D eigenvalue weighted by Gasteiger charge is -2.50. The summed E-state index contributed by atoms with van der Waals surface area (Å²) in [5, 5.41) is 19.1. The predicted octanol–water partition coefficient (Wildman–Crippen LogP) is 3.65. The average molecular weight is 296 g/mol. The molecule has 0 aromatic heterocycles. The normalized spacial score (nSPS) is 39.5. The second kappa shape index (κ2) is 6.80. The Hall–Kier alpha value is -1.06. The molecule has 0 aromatic carbocycles. The van der Waals surface area contributed by atoms with Crippen molar-refractivity contribution in [1.29, 1.82) is 0 Å². The maximum atomic E-state index is 11.7. The van der Waals surface area contributed by atoms with Crippen molar-refractivity contribution in [2.45, 2.75) is 58.8 Å². The van der Waals surface area contributed by atoms with Crippen molar-refractivity contribution in [2.24, 2.45) is 35.5 Å². The molecule has 21 heavy (non-hydrogen) atoms. The molecule has 120 valence electrons. The van der Waals surface area contributed by atoms with Crippen molar-refractivity contribution >= 4 is 11.9 Å². The highest BCUT2D eigenvalue weighted by Gasteiger charge is 2.51. The zero-order chi connectivity index (χ0) is 15.6. The van der Waals surface area contributed by atoms with E-state index in [2.05, 4.69) is 13.8 Å². The summed E-state index contributed by atoms with van der Waals surface area (Å²) in [5.74, 6) is -1.30. The number of hydrogen-bond acceptors (Lipinski definition) is 2. The largest absolute Gasteiger partial charge is 0.481 e. The fraction of sp³-hybridized carbons (Fsp3) is 0.882. The molecule has 4 heteroatoms. The predicted molar refractivity (Wildman–Crippen MR) is 79.9 cm³/mol. The third-order valence-electron chi connectivity index (χ3n) is 5.90. The van der Waals surface area contributed by atoms with Crippen LogP contribution in [-0.2, 0) is 9.59 Å². The standard InChI is InChI=1S/C17H28O4/c1-3-4-6-11-10(2)9-14(17(20)21)12-7-5-8-13(15(11)12)16(18)19/h10-15H,3-9H2,1-2H3,(H,18,19)(H,20,21). The molecule has 4 nitrogen and oxygen atoms in total. The van der Waals surface area contributed by atoms with E-state index in [-0.39, 0.29) is 23.7 Å². The lowest BCUT2D eigenvalue weighted by atomic mass is 9.53. The molecule has 2 fully saturated rings. The maximum Gasteiger partial charge on any atom is 0.306 e. The number of unbranched alkanes of at least 4 members (excludes halogenated alkanes) is 1. The van der Waals surface area contributed by atoms with Crippen LogP contribution in [0, 0.1) is 35.5 Å². The van der Waals surface area contributed by atoms with Crippen molar-refractivity contribution in [3.05, 3.63) is 0 Å². The molecule has 0 radical (unpaired) electrons. The zero-order valence-corrected chi connectivity index (χ0v) is 13.1. The van der Waals surface area contributed by atoms with Gasteiger partial charge in [-0.2, -0.15) is 0 Å². The van der Waals surface area contributed by atoms with Gasteiger partial charge >= 0.3 is 11.9 Å². The Bertz CT molecular complexity index is 392. The topological polar surface area (TPSA) is 74.6 Å². The summed E-state index contributed by atoms with van der Waals surface area (Å²) in [7, 11) is 0. The molecule has 0 heterocycles. The lowest BCUT2D eigenvalue weighted by molar-refractivity contribution is -0.160. The average Bonchev–Trinajstić information content (AvgIpc) is 2.44. The lowest BCUT2D eigenvalue weighted by Crippen LogP contribution is -2.49. The summed E-state index contributed by atoms with van der Waals surface area (Å²) in [6.45, 7) is 4.28. The van der Waals surface area contributed by atoms with E-state index in [1.54, 1.807) is 0 Å². The van der Waals surface area contributed by atoms with Crippen LogP contribution >= 0.6 is 0 Å². The van der Waals surface area contributed by atoms with E-state index in [0.29, 0.717) is 11.8 Å². The number of carbonyl (C=O) groups is 2. The molecular weight excluding hydrogens is 268 g/mol. The minimum absolute atomic E-state index is 0.0626. The van der Waals surface area contributed by atoms with Crippen LogP contribution in [0.2, 0.25) is 0 Å². The molecule has 2 N–H and O–H groups in total. The second-order valence-corrected chi connectivity index (χ2v) is 7.08. The molecule has 6 atom stereocenters. The van der Waals surface area contributed by atoms with E-state index in [0.717, 1.165) is 44.9 Å². The molecule has 0 bridgehead atoms. The van der Waals surface area contributed by atoms with Gasteiger partial charge in [-0.3, -0.25) is 9.59 Å². The Morgan fingerprint density at radius 1 is 1.10 bits per heavy atom. The first-order valence-corrected chi connectivity index (χ1v) is 8.43. The van der Waals surface area contributed by atoms with E-state index < -0.39 is 11.9 Å². The van der Waals surface area contributed by atoms with Crippen LogP contribution in [0.15, 0.2) is 0 Å². The molecule has 0 saturated heterocycles. The third kappa shape index (κ3) is 3.24. The summed E-state index contributed by atoms with van der Waals surface area (Å²) in [6.07, 6.45) is 6.46. The van der Waals surface area contributed by atoms with Crippen LogP contribution in [0.4, 0.5) is 0 Å². The summed E-state index contributed by atoms with van der Waals surface area (Å²) >= 11 is 0. The van der Waals surface area contributed by atoms with Crippen LogP contribution < -0.4 is 0 Å². The highest BCUT2D eigenvalue weighted by atomic mass is 16.4. The van der Waals surface area contributed by atoms with Gasteiger partial charge in [-0.15, -0.1) is 0 Å². The third-order valence-corrected chi connectivity index (χ3v) is 5.90. The van der Waals surface area contributed by atoms with Gasteiger partial charge in [0, 0.05) is 0 Å². The van der Waals surface area contributed by atoms with Gasteiger partial charge in [-0.05, 0) is 49.4 Å². The fourth-order valence-electron chi connectivity index (χ4n) is 4.96. The van der Waals surface area contributed by atoms with Gasteiger partial charge in [0.2, 0.25) is 0 Å². The number of hydrogen-bond donors (Lipinski definition) is 2. The Morgan fingerprint density at radius 2 is 1.76 bits per heavy atom. The van der Waals surface area contributed by atoms with E-state index in [1.807, 2.05) is 0 Å². The zero-order valence-electron chi connectivity index (χ0n) is 13.1. The molecule has 0 aliphatic heterocycles. The van der Waals surface area contributed by atoms with Gasteiger partial charge < -0.3 is 10.2 Å². The molecule has 0 amide bonds. The van der Waals surface area contributed by atoms with Crippen molar-refractivity contribution in [3.63, 3.8) is 0 Å². The molecule has 2 rings (SSSR count). The summed E-state index contributed by atoms with van der Waals surface area (Å²) in [4.78, 5) is 23.3. The number of fused-ring (bicyclic) bond motifs is 1. The molecule has 6 unspecified atom stereocenters. The quantitative estimate of drug-likeness (QED) is 0.812. The first-order chi connectivity index (χ1) is 9.97. The monoisotopic (exact) mass is 296 g/mol.